The van der Waals surface area contributed by atoms with Gasteiger partial charge in [0.25, 0.3) is 0 Å². The second-order valence-corrected chi connectivity index (χ2v) is 4.23. The third-order valence-electron chi connectivity index (χ3n) is 2.24. The topological polar surface area (TPSA) is 21.3 Å². The molecule has 1 fully saturated rings. The zero-order valence-corrected chi connectivity index (χ0v) is 9.15. The molecule has 1 aliphatic rings. The Balaban J connectivity index is 1.77. The van der Waals surface area contributed by atoms with Crippen molar-refractivity contribution in [3.05, 3.63) is 0 Å². The highest BCUT2D eigenvalue weighted by atomic mass is 35.5. The van der Waals surface area contributed by atoms with E-state index in [0.29, 0.717) is 5.38 Å². The number of hydrogen-bond acceptors (Lipinski definition) is 2. The summed E-state index contributed by atoms with van der Waals surface area (Å²) in [4.78, 5) is 0. The van der Waals surface area contributed by atoms with E-state index < -0.39 is 0 Å². The summed E-state index contributed by atoms with van der Waals surface area (Å²) in [5.41, 5.74) is 0. The number of rotatable bonds is 8. The van der Waals surface area contributed by atoms with Gasteiger partial charge in [-0.15, -0.1) is 11.6 Å². The smallest absolute Gasteiger partial charge is 0.0590 e. The Morgan fingerprint density at radius 1 is 1.46 bits per heavy atom. The van der Waals surface area contributed by atoms with Gasteiger partial charge in [0.1, 0.15) is 0 Å². The van der Waals surface area contributed by atoms with E-state index in [1.807, 2.05) is 0 Å². The minimum Gasteiger partial charge on any atom is -0.380 e. The standard InChI is InChI=1S/C10H20ClNO/c1-2-6-13-7-5-12-8-10(11)9-3-4-9/h9-10,12H,2-8H2,1H3. The maximum atomic E-state index is 6.11. The molecule has 0 amide bonds. The lowest BCUT2D eigenvalue weighted by Gasteiger charge is -2.09. The first-order chi connectivity index (χ1) is 6.34. The average molecular weight is 206 g/mol. The zero-order chi connectivity index (χ0) is 9.52. The van der Waals surface area contributed by atoms with Crippen molar-refractivity contribution in [1.82, 2.24) is 5.32 Å². The molecule has 0 aromatic heterocycles. The van der Waals surface area contributed by atoms with Gasteiger partial charge in [0, 0.05) is 25.1 Å². The third-order valence-corrected chi connectivity index (χ3v) is 2.76. The second-order valence-electron chi connectivity index (χ2n) is 3.67. The van der Waals surface area contributed by atoms with Gasteiger partial charge in [-0.25, -0.2) is 0 Å². The molecule has 1 rings (SSSR count). The number of nitrogens with one attached hydrogen (secondary N) is 1. The van der Waals surface area contributed by atoms with E-state index in [4.69, 9.17) is 16.3 Å². The molecule has 0 aromatic rings. The molecule has 13 heavy (non-hydrogen) atoms. The highest BCUT2D eigenvalue weighted by Crippen LogP contribution is 2.35. The minimum atomic E-state index is 0.339. The maximum Gasteiger partial charge on any atom is 0.0590 e. The van der Waals surface area contributed by atoms with Gasteiger partial charge in [-0.05, 0) is 25.2 Å². The van der Waals surface area contributed by atoms with Crippen molar-refractivity contribution in [2.75, 3.05) is 26.3 Å². The minimum absolute atomic E-state index is 0.339. The van der Waals surface area contributed by atoms with Crippen LogP contribution < -0.4 is 5.32 Å². The van der Waals surface area contributed by atoms with Crippen LogP contribution >= 0.6 is 11.6 Å². The monoisotopic (exact) mass is 205 g/mol. The quantitative estimate of drug-likeness (QED) is 0.484. The van der Waals surface area contributed by atoms with Gasteiger partial charge in [0.05, 0.1) is 6.61 Å². The van der Waals surface area contributed by atoms with Crippen LogP contribution in [0, 0.1) is 5.92 Å². The van der Waals surface area contributed by atoms with Gasteiger partial charge < -0.3 is 10.1 Å². The molecule has 78 valence electrons. The fourth-order valence-corrected chi connectivity index (χ4v) is 1.62. The Bertz CT molecular complexity index is 128. The predicted molar refractivity (Wildman–Crippen MR) is 56.3 cm³/mol. The maximum absolute atomic E-state index is 6.11. The molecule has 0 aromatic carbocycles. The fourth-order valence-electron chi connectivity index (χ4n) is 1.26. The van der Waals surface area contributed by atoms with E-state index in [1.165, 1.54) is 12.8 Å². The Kier molecular flexibility index (Phi) is 5.76. The predicted octanol–water partition coefficient (Wildman–Crippen LogP) is 2.02. The molecule has 1 unspecified atom stereocenters. The van der Waals surface area contributed by atoms with E-state index in [9.17, 15) is 0 Å². The van der Waals surface area contributed by atoms with E-state index in [1.54, 1.807) is 0 Å². The van der Waals surface area contributed by atoms with Gasteiger partial charge in [-0.1, -0.05) is 6.92 Å². The van der Waals surface area contributed by atoms with Gasteiger partial charge in [-0.3, -0.25) is 0 Å². The summed E-state index contributed by atoms with van der Waals surface area (Å²) >= 11 is 6.11. The van der Waals surface area contributed by atoms with Crippen LogP contribution in [0.15, 0.2) is 0 Å². The molecule has 0 bridgehead atoms. The third kappa shape index (κ3) is 5.50. The van der Waals surface area contributed by atoms with Crippen LogP contribution in [0.5, 0.6) is 0 Å². The zero-order valence-electron chi connectivity index (χ0n) is 8.39. The SMILES string of the molecule is CCCOCCNCC(Cl)C1CC1. The summed E-state index contributed by atoms with van der Waals surface area (Å²) in [6, 6.07) is 0. The molecule has 1 saturated carbocycles. The van der Waals surface area contributed by atoms with Crippen molar-refractivity contribution in [3.8, 4) is 0 Å². The van der Waals surface area contributed by atoms with Crippen LogP contribution in [0.25, 0.3) is 0 Å². The molecular weight excluding hydrogens is 186 g/mol. The van der Waals surface area contributed by atoms with Crippen molar-refractivity contribution >= 4 is 11.6 Å². The molecular formula is C10H20ClNO. The second kappa shape index (κ2) is 6.63. The van der Waals surface area contributed by atoms with E-state index >= 15 is 0 Å². The van der Waals surface area contributed by atoms with Gasteiger partial charge in [-0.2, -0.15) is 0 Å². The van der Waals surface area contributed by atoms with E-state index in [0.717, 1.165) is 38.6 Å². The number of alkyl halides is 1. The van der Waals surface area contributed by atoms with Crippen LogP contribution in [-0.2, 0) is 4.74 Å². The lowest BCUT2D eigenvalue weighted by atomic mass is 10.3. The van der Waals surface area contributed by atoms with Crippen molar-refractivity contribution in [1.29, 1.82) is 0 Å². The lowest BCUT2D eigenvalue weighted by Crippen LogP contribution is -2.27. The summed E-state index contributed by atoms with van der Waals surface area (Å²) in [5.74, 6) is 0.783. The molecule has 3 heteroatoms. The number of ether oxygens (including phenoxy) is 1. The lowest BCUT2D eigenvalue weighted by molar-refractivity contribution is 0.136. The Morgan fingerprint density at radius 3 is 2.85 bits per heavy atom. The van der Waals surface area contributed by atoms with Gasteiger partial charge in [0.2, 0.25) is 0 Å². The van der Waals surface area contributed by atoms with Crippen LogP contribution in [-0.4, -0.2) is 31.7 Å². The molecule has 0 saturated heterocycles. The highest BCUT2D eigenvalue weighted by Gasteiger charge is 2.28. The molecule has 0 spiro atoms. The molecule has 1 aliphatic carbocycles. The first-order valence-corrected chi connectivity index (χ1v) is 5.70. The number of halogens is 1. The Morgan fingerprint density at radius 2 is 2.23 bits per heavy atom. The van der Waals surface area contributed by atoms with E-state index in [2.05, 4.69) is 12.2 Å². The first-order valence-electron chi connectivity index (χ1n) is 5.27. The Hall–Kier alpha value is 0.210. The van der Waals surface area contributed by atoms with Gasteiger partial charge >= 0.3 is 0 Å². The van der Waals surface area contributed by atoms with Crippen molar-refractivity contribution in [2.45, 2.75) is 31.6 Å². The molecule has 0 radical (unpaired) electrons. The Labute approximate surface area is 86.0 Å². The molecule has 1 atom stereocenters. The van der Waals surface area contributed by atoms with E-state index in [-0.39, 0.29) is 0 Å². The summed E-state index contributed by atoms with van der Waals surface area (Å²) in [7, 11) is 0. The van der Waals surface area contributed by atoms with Gasteiger partial charge in [0.15, 0.2) is 0 Å². The summed E-state index contributed by atoms with van der Waals surface area (Å²) in [5, 5.41) is 3.65. The van der Waals surface area contributed by atoms with Crippen LogP contribution in [0.4, 0.5) is 0 Å². The molecule has 1 N–H and O–H groups in total. The van der Waals surface area contributed by atoms with Crippen molar-refractivity contribution in [3.63, 3.8) is 0 Å². The summed E-state index contributed by atoms with van der Waals surface area (Å²) < 4.78 is 5.34. The first kappa shape index (κ1) is 11.3. The van der Waals surface area contributed by atoms with Crippen LogP contribution in [0.3, 0.4) is 0 Å². The average Bonchev–Trinajstić information content (AvgIpc) is 2.93. The van der Waals surface area contributed by atoms with Crippen LogP contribution in [0.1, 0.15) is 26.2 Å². The molecule has 0 heterocycles. The number of hydrogen-bond donors (Lipinski definition) is 1. The molecule has 0 aliphatic heterocycles. The normalized spacial score (nSPS) is 18.9. The molecule has 2 nitrogen and oxygen atoms in total. The fraction of sp³-hybridized carbons (Fsp3) is 1.00. The highest BCUT2D eigenvalue weighted by molar-refractivity contribution is 6.21. The summed E-state index contributed by atoms with van der Waals surface area (Å²) in [6.07, 6.45) is 3.74. The summed E-state index contributed by atoms with van der Waals surface area (Å²) in [6.45, 7) is 5.66. The van der Waals surface area contributed by atoms with Crippen molar-refractivity contribution < 1.29 is 4.74 Å². The van der Waals surface area contributed by atoms with Crippen molar-refractivity contribution in [2.24, 2.45) is 5.92 Å². The van der Waals surface area contributed by atoms with Crippen LogP contribution in [0.2, 0.25) is 0 Å². The largest absolute Gasteiger partial charge is 0.380 e.